The van der Waals surface area contributed by atoms with Gasteiger partial charge in [0, 0.05) is 0 Å². The molecule has 9 heteroatoms. The van der Waals surface area contributed by atoms with Crippen molar-refractivity contribution in [1.29, 1.82) is 0 Å². The molecule has 1 aliphatic heterocycles. The van der Waals surface area contributed by atoms with E-state index in [1.54, 1.807) is 0 Å². The number of nitro groups is 1. The van der Waals surface area contributed by atoms with E-state index in [1.165, 1.54) is 13.8 Å². The molecular formula is C6H9F3N4O2. The zero-order valence-electron chi connectivity index (χ0n) is 7.97. The summed E-state index contributed by atoms with van der Waals surface area (Å²) >= 11 is 0. The molecule has 1 heterocycles. The Kier molecular flexibility index (Phi) is 2.73. The number of hydrogen-bond donors (Lipinski definition) is 0. The average molecular weight is 226 g/mol. The van der Waals surface area contributed by atoms with Gasteiger partial charge in [-0.1, -0.05) is 0 Å². The molecule has 0 N–H and O–H groups in total. The van der Waals surface area contributed by atoms with Gasteiger partial charge < -0.3 is 0 Å². The van der Waals surface area contributed by atoms with Gasteiger partial charge in [0.25, 0.3) is 0 Å². The van der Waals surface area contributed by atoms with Crippen LogP contribution in [0.3, 0.4) is 0 Å². The maximum atomic E-state index is 12.3. The second-order valence-electron chi connectivity index (χ2n) is 3.21. The van der Waals surface area contributed by atoms with Crippen LogP contribution in [0, 0.1) is 10.1 Å². The smallest absolute Gasteiger partial charge is 0.261 e. The Morgan fingerprint density at radius 1 is 1.53 bits per heavy atom. The van der Waals surface area contributed by atoms with Gasteiger partial charge in [0.1, 0.15) is 6.34 Å². The summed E-state index contributed by atoms with van der Waals surface area (Å²) in [6, 6.07) is -0.482. The molecule has 15 heavy (non-hydrogen) atoms. The van der Waals surface area contributed by atoms with Gasteiger partial charge in [0.2, 0.25) is 0 Å². The third kappa shape index (κ3) is 2.10. The van der Waals surface area contributed by atoms with Gasteiger partial charge in [-0.3, -0.25) is 10.1 Å². The van der Waals surface area contributed by atoms with Crippen molar-refractivity contribution in [2.45, 2.75) is 32.5 Å². The van der Waals surface area contributed by atoms with E-state index in [1.807, 2.05) is 0 Å². The SMILES string of the molecule is CC(C)N1N=CN(C(F)(F)F)C1[N+](=O)[O-]. The van der Waals surface area contributed by atoms with E-state index in [0.717, 1.165) is 5.01 Å². The van der Waals surface area contributed by atoms with Gasteiger partial charge in [0.05, 0.1) is 11.0 Å². The molecule has 0 bridgehead atoms. The molecule has 1 aliphatic rings. The molecule has 0 amide bonds. The van der Waals surface area contributed by atoms with Crippen LogP contribution < -0.4 is 0 Å². The van der Waals surface area contributed by atoms with Gasteiger partial charge in [0.15, 0.2) is 0 Å². The summed E-state index contributed by atoms with van der Waals surface area (Å²) in [5.41, 5.74) is 0. The lowest BCUT2D eigenvalue weighted by atomic mass is 10.4. The van der Waals surface area contributed by atoms with Crippen LogP contribution in [0.5, 0.6) is 0 Å². The Hall–Kier alpha value is -1.54. The number of halogens is 3. The van der Waals surface area contributed by atoms with Crippen LogP contribution in [-0.2, 0) is 0 Å². The molecule has 86 valence electrons. The summed E-state index contributed by atoms with van der Waals surface area (Å²) in [5.74, 6) is 0. The van der Waals surface area contributed by atoms with E-state index in [2.05, 4.69) is 5.10 Å². The normalized spacial score (nSPS) is 21.6. The van der Waals surface area contributed by atoms with Crippen molar-refractivity contribution in [3.8, 4) is 0 Å². The fourth-order valence-electron chi connectivity index (χ4n) is 1.16. The van der Waals surface area contributed by atoms with Gasteiger partial charge in [-0.2, -0.15) is 10.0 Å². The van der Waals surface area contributed by atoms with Crippen molar-refractivity contribution in [2.75, 3.05) is 0 Å². The average Bonchev–Trinajstić information content (AvgIpc) is 2.45. The first-order chi connectivity index (χ1) is 6.75. The van der Waals surface area contributed by atoms with E-state index >= 15 is 0 Å². The summed E-state index contributed by atoms with van der Waals surface area (Å²) in [6.07, 6.45) is -6.39. The van der Waals surface area contributed by atoms with Crippen LogP contribution in [-0.4, -0.2) is 39.8 Å². The fraction of sp³-hybridized carbons (Fsp3) is 0.833. The second kappa shape index (κ2) is 3.55. The molecule has 0 aromatic carbocycles. The van der Waals surface area contributed by atoms with Crippen molar-refractivity contribution in [2.24, 2.45) is 5.10 Å². The third-order valence-electron chi connectivity index (χ3n) is 1.81. The maximum Gasteiger partial charge on any atom is 0.492 e. The van der Waals surface area contributed by atoms with Crippen LogP contribution in [0.15, 0.2) is 5.10 Å². The number of rotatable bonds is 2. The third-order valence-corrected chi connectivity index (χ3v) is 1.81. The van der Waals surface area contributed by atoms with Crippen molar-refractivity contribution >= 4 is 6.34 Å². The summed E-state index contributed by atoms with van der Waals surface area (Å²) in [5, 5.41) is 14.7. The molecule has 0 fully saturated rings. The topological polar surface area (TPSA) is 62.0 Å². The van der Waals surface area contributed by atoms with Gasteiger partial charge in [-0.15, -0.1) is 13.2 Å². The lowest BCUT2D eigenvalue weighted by Crippen LogP contribution is -2.53. The standard InChI is InChI=1S/C6H9F3N4O2/c1-4(2)12-5(13(14)15)11(3-10-12)6(7,8)9/h3-5H,1-2H3. The van der Waals surface area contributed by atoms with E-state index in [9.17, 15) is 23.3 Å². The van der Waals surface area contributed by atoms with Crippen molar-refractivity contribution in [3.05, 3.63) is 10.1 Å². The highest BCUT2D eigenvalue weighted by Crippen LogP contribution is 2.28. The summed E-state index contributed by atoms with van der Waals surface area (Å²) in [4.78, 5) is 9.15. The number of hydrazone groups is 1. The predicted molar refractivity (Wildman–Crippen MR) is 44.1 cm³/mol. The van der Waals surface area contributed by atoms with Crippen LogP contribution in [0.2, 0.25) is 0 Å². The predicted octanol–water partition coefficient (Wildman–Crippen LogP) is 1.04. The Morgan fingerprint density at radius 3 is 2.40 bits per heavy atom. The Labute approximate surface area is 83.1 Å². The molecule has 0 aliphatic carbocycles. The molecule has 0 saturated carbocycles. The van der Waals surface area contributed by atoms with Gasteiger partial charge >= 0.3 is 12.6 Å². The first kappa shape index (κ1) is 11.5. The number of alkyl halides is 3. The molecule has 1 atom stereocenters. The lowest BCUT2D eigenvalue weighted by Gasteiger charge is -2.26. The molecule has 1 rings (SSSR count). The van der Waals surface area contributed by atoms with Crippen molar-refractivity contribution in [1.82, 2.24) is 9.91 Å². The van der Waals surface area contributed by atoms with E-state index in [-0.39, 0.29) is 4.90 Å². The fourth-order valence-corrected chi connectivity index (χ4v) is 1.16. The number of hydrogen-bond acceptors (Lipinski definition) is 5. The highest BCUT2D eigenvalue weighted by Gasteiger charge is 2.52. The Morgan fingerprint density at radius 2 is 2.07 bits per heavy atom. The number of nitrogens with zero attached hydrogens (tertiary/aromatic N) is 4. The van der Waals surface area contributed by atoms with Crippen LogP contribution in [0.4, 0.5) is 13.2 Å². The minimum absolute atomic E-state index is 0.340. The Balaban J connectivity index is 2.95. The summed E-state index contributed by atoms with van der Waals surface area (Å²) in [6.45, 7) is 3.04. The molecular weight excluding hydrogens is 217 g/mol. The highest BCUT2D eigenvalue weighted by atomic mass is 19.4. The van der Waals surface area contributed by atoms with Crippen molar-refractivity contribution in [3.63, 3.8) is 0 Å². The molecule has 0 aromatic heterocycles. The van der Waals surface area contributed by atoms with E-state index in [0.29, 0.717) is 6.34 Å². The molecule has 6 nitrogen and oxygen atoms in total. The van der Waals surface area contributed by atoms with Crippen LogP contribution >= 0.6 is 0 Å². The Bertz CT molecular complexity index is 291. The minimum Gasteiger partial charge on any atom is -0.261 e. The quantitative estimate of drug-likeness (QED) is 0.401. The summed E-state index contributed by atoms with van der Waals surface area (Å²) in [7, 11) is 0. The zero-order chi connectivity index (χ0) is 11.8. The van der Waals surface area contributed by atoms with Crippen molar-refractivity contribution < 1.29 is 18.1 Å². The van der Waals surface area contributed by atoms with E-state index in [4.69, 9.17) is 0 Å². The molecule has 0 aromatic rings. The zero-order valence-corrected chi connectivity index (χ0v) is 7.97. The molecule has 0 spiro atoms. The highest BCUT2D eigenvalue weighted by molar-refractivity contribution is 5.57. The van der Waals surface area contributed by atoms with Gasteiger partial charge in [-0.25, -0.2) is 5.01 Å². The largest absolute Gasteiger partial charge is 0.492 e. The molecule has 0 saturated heterocycles. The van der Waals surface area contributed by atoms with Crippen LogP contribution in [0.25, 0.3) is 0 Å². The monoisotopic (exact) mass is 226 g/mol. The minimum atomic E-state index is -4.80. The maximum absolute atomic E-state index is 12.3. The summed E-state index contributed by atoms with van der Waals surface area (Å²) < 4.78 is 36.9. The first-order valence-corrected chi connectivity index (χ1v) is 4.06. The lowest BCUT2D eigenvalue weighted by molar-refractivity contribution is -0.586. The second-order valence-corrected chi connectivity index (χ2v) is 3.21. The molecule has 0 radical (unpaired) electrons. The van der Waals surface area contributed by atoms with Crippen LogP contribution in [0.1, 0.15) is 13.8 Å². The van der Waals surface area contributed by atoms with Gasteiger partial charge in [-0.05, 0) is 13.8 Å². The first-order valence-electron chi connectivity index (χ1n) is 4.06. The molecule has 1 unspecified atom stereocenters. The van der Waals surface area contributed by atoms with E-state index < -0.39 is 23.6 Å².